The fourth-order valence-electron chi connectivity index (χ4n) is 1.99. The molecule has 1 amide bonds. The van der Waals surface area contributed by atoms with Gasteiger partial charge in [0.05, 0.1) is 5.69 Å². The summed E-state index contributed by atoms with van der Waals surface area (Å²) in [5.41, 5.74) is 0.870. The van der Waals surface area contributed by atoms with Gasteiger partial charge in [0.25, 0.3) is 0 Å². The molecule has 118 valence electrons. The molecule has 0 saturated heterocycles. The monoisotopic (exact) mass is 301 g/mol. The largest absolute Gasteiger partial charge is 0.418 e. The van der Waals surface area contributed by atoms with E-state index in [1.165, 1.54) is 0 Å². The Labute approximate surface area is 131 Å². The van der Waals surface area contributed by atoms with E-state index in [2.05, 4.69) is 38.1 Å². The second-order valence-corrected chi connectivity index (χ2v) is 6.22. The molecule has 1 N–H and O–H groups in total. The summed E-state index contributed by atoms with van der Waals surface area (Å²) in [6, 6.07) is 10.9. The Morgan fingerprint density at radius 1 is 1.27 bits per heavy atom. The van der Waals surface area contributed by atoms with Crippen molar-refractivity contribution in [2.45, 2.75) is 46.1 Å². The van der Waals surface area contributed by atoms with Gasteiger partial charge in [0.2, 0.25) is 0 Å². The number of nitrogens with zero attached hydrogens (tertiary/aromatic N) is 2. The molecule has 0 fully saturated rings. The van der Waals surface area contributed by atoms with Crippen LogP contribution in [-0.4, -0.2) is 15.9 Å². The second-order valence-electron chi connectivity index (χ2n) is 6.22. The topological polar surface area (TPSA) is 56.2 Å². The molecule has 5 nitrogen and oxygen atoms in total. The van der Waals surface area contributed by atoms with Crippen molar-refractivity contribution in [3.8, 4) is 5.75 Å². The van der Waals surface area contributed by atoms with Crippen molar-refractivity contribution in [3.05, 3.63) is 42.1 Å². The number of amides is 1. The normalized spacial score (nSPS) is 11.3. The lowest BCUT2D eigenvalue weighted by Gasteiger charge is -2.13. The molecule has 0 aliphatic carbocycles. The number of rotatable bonds is 4. The first kappa shape index (κ1) is 16.1. The van der Waals surface area contributed by atoms with Crippen molar-refractivity contribution >= 4 is 11.9 Å². The van der Waals surface area contributed by atoms with Gasteiger partial charge in [-0.2, -0.15) is 5.10 Å². The Morgan fingerprint density at radius 2 is 1.95 bits per heavy atom. The maximum atomic E-state index is 12.0. The van der Waals surface area contributed by atoms with Crippen LogP contribution in [-0.2, 0) is 12.0 Å². The average molecular weight is 301 g/mol. The van der Waals surface area contributed by atoms with Gasteiger partial charge in [-0.05, 0) is 18.6 Å². The minimum absolute atomic E-state index is 0.0707. The lowest BCUT2D eigenvalue weighted by Crippen LogP contribution is -2.19. The minimum atomic E-state index is -0.510. The first-order valence-electron chi connectivity index (χ1n) is 7.52. The Hall–Kier alpha value is -2.30. The van der Waals surface area contributed by atoms with Crippen LogP contribution in [0.1, 0.15) is 39.8 Å². The van der Waals surface area contributed by atoms with Crippen LogP contribution in [0.25, 0.3) is 0 Å². The van der Waals surface area contributed by atoms with E-state index in [4.69, 9.17) is 4.74 Å². The van der Waals surface area contributed by atoms with Crippen LogP contribution in [0.15, 0.2) is 36.4 Å². The maximum absolute atomic E-state index is 12.0. The van der Waals surface area contributed by atoms with Gasteiger partial charge in [-0.1, -0.05) is 45.9 Å². The van der Waals surface area contributed by atoms with Crippen LogP contribution >= 0.6 is 0 Å². The molecule has 2 aromatic rings. The highest BCUT2D eigenvalue weighted by Crippen LogP contribution is 2.24. The summed E-state index contributed by atoms with van der Waals surface area (Å²) in [4.78, 5) is 12.0. The molecule has 0 spiro atoms. The predicted octanol–water partition coefficient (Wildman–Crippen LogP) is 4.20. The fraction of sp³-hybridized carbons (Fsp3) is 0.412. The number of carbonyl (C=O) groups excluding carboxylic acids is 1. The van der Waals surface area contributed by atoms with Gasteiger partial charge in [-0.3, -0.25) is 5.32 Å². The third-order valence-electron chi connectivity index (χ3n) is 3.17. The van der Waals surface area contributed by atoms with E-state index in [0.717, 1.165) is 18.7 Å². The highest BCUT2D eigenvalue weighted by Gasteiger charge is 2.20. The molecular formula is C17H23N3O2. The highest BCUT2D eigenvalue weighted by molar-refractivity contribution is 5.85. The van der Waals surface area contributed by atoms with E-state index in [1.807, 2.05) is 28.9 Å². The van der Waals surface area contributed by atoms with Crippen molar-refractivity contribution in [2.75, 3.05) is 5.32 Å². The molecule has 0 saturated carbocycles. The number of benzene rings is 1. The summed E-state index contributed by atoms with van der Waals surface area (Å²) in [6.07, 6.45) is 0.428. The van der Waals surface area contributed by atoms with Crippen molar-refractivity contribution in [3.63, 3.8) is 0 Å². The zero-order valence-electron chi connectivity index (χ0n) is 13.6. The fourth-order valence-corrected chi connectivity index (χ4v) is 1.99. The summed E-state index contributed by atoms with van der Waals surface area (Å²) in [5, 5.41) is 7.35. The number of anilines is 1. The van der Waals surface area contributed by atoms with Gasteiger partial charge >= 0.3 is 6.09 Å². The van der Waals surface area contributed by atoms with Gasteiger partial charge < -0.3 is 4.74 Å². The van der Waals surface area contributed by atoms with E-state index in [0.29, 0.717) is 11.6 Å². The molecule has 22 heavy (non-hydrogen) atoms. The molecule has 1 aromatic carbocycles. The number of ether oxygens (including phenoxy) is 1. The number of hydrogen-bond acceptors (Lipinski definition) is 3. The van der Waals surface area contributed by atoms with Crippen molar-refractivity contribution < 1.29 is 9.53 Å². The quantitative estimate of drug-likeness (QED) is 0.920. The van der Waals surface area contributed by atoms with Crippen LogP contribution in [0.5, 0.6) is 5.75 Å². The van der Waals surface area contributed by atoms with Gasteiger partial charge in [-0.15, -0.1) is 0 Å². The van der Waals surface area contributed by atoms with Crippen molar-refractivity contribution in [1.29, 1.82) is 0 Å². The predicted molar refractivity (Wildman–Crippen MR) is 87.3 cm³/mol. The van der Waals surface area contributed by atoms with Crippen LogP contribution in [0, 0.1) is 0 Å². The number of nitrogens with one attached hydrogen (secondary N) is 1. The molecule has 0 aliphatic heterocycles. The molecule has 0 aliphatic rings. The zero-order chi connectivity index (χ0) is 16.2. The Bertz CT molecular complexity index is 627. The van der Waals surface area contributed by atoms with Gasteiger partial charge in [0, 0.05) is 18.0 Å². The van der Waals surface area contributed by atoms with Crippen molar-refractivity contribution in [1.82, 2.24) is 9.78 Å². The Balaban J connectivity index is 2.14. The first-order chi connectivity index (χ1) is 10.4. The third kappa shape index (κ3) is 4.10. The van der Waals surface area contributed by atoms with Crippen LogP contribution in [0.3, 0.4) is 0 Å². The van der Waals surface area contributed by atoms with Crippen LogP contribution in [0.2, 0.25) is 0 Å². The number of aryl methyl sites for hydroxylation is 1. The number of carbonyl (C=O) groups is 1. The number of hydrogen-bond donors (Lipinski definition) is 1. The smallest absolute Gasteiger partial charge is 0.410 e. The molecule has 5 heteroatoms. The highest BCUT2D eigenvalue weighted by atomic mass is 16.6. The average Bonchev–Trinajstić information content (AvgIpc) is 2.83. The van der Waals surface area contributed by atoms with E-state index in [-0.39, 0.29) is 5.41 Å². The summed E-state index contributed by atoms with van der Waals surface area (Å²) in [5.74, 6) is 1.17. The van der Waals surface area contributed by atoms with Gasteiger partial charge in [0.1, 0.15) is 11.6 Å². The van der Waals surface area contributed by atoms with Crippen molar-refractivity contribution in [2.24, 2.45) is 0 Å². The first-order valence-corrected chi connectivity index (χ1v) is 7.52. The second kappa shape index (κ2) is 6.64. The summed E-state index contributed by atoms with van der Waals surface area (Å²) in [6.45, 7) is 9.11. The van der Waals surface area contributed by atoms with Gasteiger partial charge in [0.15, 0.2) is 0 Å². The maximum Gasteiger partial charge on any atom is 0.418 e. The molecule has 1 heterocycles. The zero-order valence-corrected chi connectivity index (χ0v) is 13.6. The van der Waals surface area contributed by atoms with Crippen LogP contribution < -0.4 is 10.1 Å². The van der Waals surface area contributed by atoms with E-state index >= 15 is 0 Å². The Morgan fingerprint density at radius 3 is 2.55 bits per heavy atom. The molecule has 0 bridgehead atoms. The minimum Gasteiger partial charge on any atom is -0.410 e. The van der Waals surface area contributed by atoms with Crippen LogP contribution in [0.4, 0.5) is 10.6 Å². The molecule has 0 unspecified atom stereocenters. The molecule has 0 radical (unpaired) electrons. The van der Waals surface area contributed by atoms with E-state index in [9.17, 15) is 4.79 Å². The van der Waals surface area contributed by atoms with Gasteiger partial charge in [-0.25, -0.2) is 9.48 Å². The SMILES string of the molecule is CCCn1nc(C(C)(C)C)cc1NC(=O)Oc1ccccc1. The summed E-state index contributed by atoms with van der Waals surface area (Å²) < 4.78 is 7.07. The summed E-state index contributed by atoms with van der Waals surface area (Å²) >= 11 is 0. The molecule has 2 rings (SSSR count). The van der Waals surface area contributed by atoms with E-state index < -0.39 is 6.09 Å². The lowest BCUT2D eigenvalue weighted by atomic mass is 9.92. The number of para-hydroxylation sites is 1. The Kier molecular flexibility index (Phi) is 4.85. The molecule has 1 aromatic heterocycles. The standard InChI is InChI=1S/C17H23N3O2/c1-5-11-20-15(12-14(19-20)17(2,3)4)18-16(21)22-13-9-7-6-8-10-13/h6-10,12H,5,11H2,1-4H3,(H,18,21). The number of aromatic nitrogens is 2. The van der Waals surface area contributed by atoms with E-state index in [1.54, 1.807) is 12.1 Å². The molecule has 0 atom stereocenters. The lowest BCUT2D eigenvalue weighted by molar-refractivity contribution is 0.215. The molecular weight excluding hydrogens is 278 g/mol. The third-order valence-corrected chi connectivity index (χ3v) is 3.17. The summed E-state index contributed by atoms with van der Waals surface area (Å²) in [7, 11) is 0.